The molecule has 1 aromatic carbocycles. The molecular formula is C18H20ClN5O3. The average molecular weight is 390 g/mol. The summed E-state index contributed by atoms with van der Waals surface area (Å²) in [5.74, 6) is -0.197. The first-order valence-electron chi connectivity index (χ1n) is 8.42. The van der Waals surface area contributed by atoms with Gasteiger partial charge in [0.15, 0.2) is 0 Å². The molecule has 27 heavy (non-hydrogen) atoms. The van der Waals surface area contributed by atoms with Gasteiger partial charge < -0.3 is 19.9 Å². The molecule has 0 atom stereocenters. The van der Waals surface area contributed by atoms with E-state index < -0.39 is 5.97 Å². The van der Waals surface area contributed by atoms with Crippen molar-refractivity contribution >= 4 is 35.0 Å². The number of amides is 1. The molecule has 0 unspecified atom stereocenters. The molecule has 1 N–H and O–H groups in total. The van der Waals surface area contributed by atoms with Crippen molar-refractivity contribution in [3.8, 4) is 0 Å². The van der Waals surface area contributed by atoms with Crippen molar-refractivity contribution < 1.29 is 14.3 Å². The number of methoxy groups -OCH3 is 1. The van der Waals surface area contributed by atoms with Crippen molar-refractivity contribution in [2.75, 3.05) is 45.7 Å². The van der Waals surface area contributed by atoms with Gasteiger partial charge in [0.1, 0.15) is 17.8 Å². The maximum Gasteiger partial charge on any atom is 0.337 e. The van der Waals surface area contributed by atoms with Crippen LogP contribution >= 0.6 is 11.6 Å². The Bertz CT molecular complexity index is 853. The van der Waals surface area contributed by atoms with Gasteiger partial charge in [-0.3, -0.25) is 4.79 Å². The lowest BCUT2D eigenvalue weighted by molar-refractivity contribution is 0.0600. The summed E-state index contributed by atoms with van der Waals surface area (Å²) in [4.78, 5) is 36.5. The Hall–Kier alpha value is -2.71. The Morgan fingerprint density at radius 1 is 1.15 bits per heavy atom. The summed E-state index contributed by atoms with van der Waals surface area (Å²) in [6.07, 6.45) is 1.32. The van der Waals surface area contributed by atoms with Crippen LogP contribution in [0.2, 0.25) is 5.02 Å². The van der Waals surface area contributed by atoms with Crippen LogP contribution in [0, 0.1) is 0 Å². The van der Waals surface area contributed by atoms with Crippen LogP contribution in [0.1, 0.15) is 20.8 Å². The molecule has 1 aliphatic rings. The number of likely N-dealkylation sites (N-methyl/N-ethyl adjacent to an activating group) is 1. The van der Waals surface area contributed by atoms with Gasteiger partial charge in [-0.25, -0.2) is 14.8 Å². The maximum atomic E-state index is 12.7. The lowest BCUT2D eigenvalue weighted by Gasteiger charge is -2.32. The normalized spacial score (nSPS) is 14.7. The monoisotopic (exact) mass is 389 g/mol. The molecule has 1 fully saturated rings. The van der Waals surface area contributed by atoms with Gasteiger partial charge in [-0.05, 0) is 25.2 Å². The van der Waals surface area contributed by atoms with E-state index in [0.717, 1.165) is 13.1 Å². The number of nitrogens with one attached hydrogen (secondary N) is 1. The summed E-state index contributed by atoms with van der Waals surface area (Å²) >= 11 is 6.19. The minimum atomic E-state index is -0.469. The molecule has 1 aliphatic heterocycles. The van der Waals surface area contributed by atoms with Crippen molar-refractivity contribution in [3.63, 3.8) is 0 Å². The summed E-state index contributed by atoms with van der Waals surface area (Å²) < 4.78 is 4.72. The van der Waals surface area contributed by atoms with Gasteiger partial charge in [-0.1, -0.05) is 11.6 Å². The molecule has 0 bridgehead atoms. The van der Waals surface area contributed by atoms with Gasteiger partial charge in [-0.15, -0.1) is 0 Å². The minimum Gasteiger partial charge on any atom is -0.465 e. The van der Waals surface area contributed by atoms with E-state index in [2.05, 4.69) is 20.2 Å². The number of carbonyl (C=O) groups excluding carboxylic acids is 2. The third-order valence-corrected chi connectivity index (χ3v) is 4.66. The maximum absolute atomic E-state index is 12.7. The van der Waals surface area contributed by atoms with E-state index in [4.69, 9.17) is 16.3 Å². The molecule has 0 spiro atoms. The first-order chi connectivity index (χ1) is 13.0. The molecule has 0 saturated carbocycles. The summed E-state index contributed by atoms with van der Waals surface area (Å²) in [7, 11) is 3.34. The second-order valence-corrected chi connectivity index (χ2v) is 6.60. The van der Waals surface area contributed by atoms with Crippen LogP contribution in [-0.4, -0.2) is 72.0 Å². The fraction of sp³-hybridized carbons (Fsp3) is 0.333. The number of ether oxygens (including phenoxy) is 1. The number of benzene rings is 1. The number of hydrogen-bond donors (Lipinski definition) is 1. The van der Waals surface area contributed by atoms with Gasteiger partial charge >= 0.3 is 5.97 Å². The SMILES string of the molecule is COC(=O)c1ccc(Cl)c(Nc2cc(C(=O)N3CCN(C)CC3)ncn2)c1. The van der Waals surface area contributed by atoms with E-state index in [0.29, 0.717) is 40.9 Å². The summed E-state index contributed by atoms with van der Waals surface area (Å²) in [5.41, 5.74) is 1.14. The number of carbonyl (C=O) groups is 2. The highest BCUT2D eigenvalue weighted by Crippen LogP contribution is 2.26. The van der Waals surface area contributed by atoms with Crippen LogP contribution in [-0.2, 0) is 4.74 Å². The molecule has 0 aliphatic carbocycles. The molecule has 9 heteroatoms. The van der Waals surface area contributed by atoms with E-state index in [9.17, 15) is 9.59 Å². The van der Waals surface area contributed by atoms with Crippen LogP contribution in [0.25, 0.3) is 0 Å². The minimum absolute atomic E-state index is 0.136. The van der Waals surface area contributed by atoms with Crippen LogP contribution < -0.4 is 5.32 Å². The molecule has 2 aromatic rings. The van der Waals surface area contributed by atoms with Crippen LogP contribution in [0.3, 0.4) is 0 Å². The second kappa shape index (κ2) is 8.32. The quantitative estimate of drug-likeness (QED) is 0.800. The van der Waals surface area contributed by atoms with Crippen LogP contribution in [0.15, 0.2) is 30.6 Å². The number of aromatic nitrogens is 2. The van der Waals surface area contributed by atoms with E-state index in [-0.39, 0.29) is 5.91 Å². The molecule has 1 amide bonds. The van der Waals surface area contributed by atoms with Crippen molar-refractivity contribution in [2.24, 2.45) is 0 Å². The number of anilines is 2. The molecule has 8 nitrogen and oxygen atoms in total. The third-order valence-electron chi connectivity index (χ3n) is 4.33. The second-order valence-electron chi connectivity index (χ2n) is 6.20. The Labute approximate surface area is 162 Å². The van der Waals surface area contributed by atoms with Gasteiger partial charge in [0, 0.05) is 32.2 Å². The highest BCUT2D eigenvalue weighted by molar-refractivity contribution is 6.33. The highest BCUT2D eigenvalue weighted by Gasteiger charge is 2.21. The zero-order valence-electron chi connectivity index (χ0n) is 15.1. The standard InChI is InChI=1S/C18H20ClN5O3/c1-23-5-7-24(8-6-23)17(25)15-10-16(21-11-20-15)22-14-9-12(18(26)27-2)3-4-13(14)19/h3-4,9-11H,5-8H2,1-2H3,(H,20,21,22). The van der Waals surface area contributed by atoms with Gasteiger partial charge in [0.2, 0.25) is 0 Å². The molecule has 142 valence electrons. The predicted molar refractivity (Wildman–Crippen MR) is 102 cm³/mol. The Kier molecular flexibility index (Phi) is 5.88. The Morgan fingerprint density at radius 2 is 1.89 bits per heavy atom. The Balaban J connectivity index is 1.78. The van der Waals surface area contributed by atoms with Gasteiger partial charge in [0.25, 0.3) is 5.91 Å². The summed E-state index contributed by atoms with van der Waals surface area (Å²) in [5, 5.41) is 3.44. The third kappa shape index (κ3) is 4.53. The largest absolute Gasteiger partial charge is 0.465 e. The number of hydrogen-bond acceptors (Lipinski definition) is 7. The Morgan fingerprint density at radius 3 is 2.59 bits per heavy atom. The van der Waals surface area contributed by atoms with Crippen molar-refractivity contribution in [2.45, 2.75) is 0 Å². The zero-order chi connectivity index (χ0) is 19.4. The van der Waals surface area contributed by atoms with E-state index in [1.54, 1.807) is 29.2 Å². The molecule has 3 rings (SSSR count). The summed E-state index contributed by atoms with van der Waals surface area (Å²) in [6, 6.07) is 6.30. The van der Waals surface area contributed by atoms with Gasteiger partial charge in [0.05, 0.1) is 23.4 Å². The first kappa shape index (κ1) is 19.1. The topological polar surface area (TPSA) is 87.7 Å². The summed E-state index contributed by atoms with van der Waals surface area (Å²) in [6.45, 7) is 2.99. The van der Waals surface area contributed by atoms with Crippen LogP contribution in [0.4, 0.5) is 11.5 Å². The number of piperazine rings is 1. The smallest absolute Gasteiger partial charge is 0.337 e. The zero-order valence-corrected chi connectivity index (χ0v) is 15.9. The molecular weight excluding hydrogens is 370 g/mol. The lowest BCUT2D eigenvalue weighted by Crippen LogP contribution is -2.47. The van der Waals surface area contributed by atoms with Crippen molar-refractivity contribution in [1.82, 2.24) is 19.8 Å². The molecule has 0 radical (unpaired) electrons. The fourth-order valence-corrected chi connectivity index (χ4v) is 2.88. The first-order valence-corrected chi connectivity index (χ1v) is 8.80. The van der Waals surface area contributed by atoms with E-state index in [1.807, 2.05) is 7.05 Å². The average Bonchev–Trinajstić information content (AvgIpc) is 2.69. The molecule has 2 heterocycles. The van der Waals surface area contributed by atoms with E-state index >= 15 is 0 Å². The molecule has 1 saturated heterocycles. The van der Waals surface area contributed by atoms with Crippen molar-refractivity contribution in [1.29, 1.82) is 0 Å². The lowest BCUT2D eigenvalue weighted by atomic mass is 10.2. The van der Waals surface area contributed by atoms with Crippen molar-refractivity contribution in [3.05, 3.63) is 46.9 Å². The number of esters is 1. The number of nitrogens with zero attached hydrogens (tertiary/aromatic N) is 4. The fourth-order valence-electron chi connectivity index (χ4n) is 2.72. The predicted octanol–water partition coefficient (Wildman–Crippen LogP) is 2.05. The number of halogens is 1. The molecule has 1 aromatic heterocycles. The van der Waals surface area contributed by atoms with Crippen LogP contribution in [0.5, 0.6) is 0 Å². The van der Waals surface area contributed by atoms with Gasteiger partial charge in [-0.2, -0.15) is 0 Å². The van der Waals surface area contributed by atoms with E-state index in [1.165, 1.54) is 13.4 Å². The highest BCUT2D eigenvalue weighted by atomic mass is 35.5. The number of rotatable bonds is 4.